The molecule has 26 heavy (non-hydrogen) atoms. The summed E-state index contributed by atoms with van der Waals surface area (Å²) < 4.78 is 0.603. The summed E-state index contributed by atoms with van der Waals surface area (Å²) in [5, 5.41) is 14.3. The SMILES string of the molecule is O=C(CCC(=O)c1ccc(Cl)cc1)Nc1nc2ccc([N+](=O)[O-])cc2s1. The fourth-order valence-corrected chi connectivity index (χ4v) is 3.31. The van der Waals surface area contributed by atoms with Crippen LogP contribution in [-0.4, -0.2) is 21.6 Å². The molecule has 0 spiro atoms. The van der Waals surface area contributed by atoms with Gasteiger partial charge in [0.25, 0.3) is 5.69 Å². The number of nitro groups is 1. The van der Waals surface area contributed by atoms with Crippen LogP contribution in [0.5, 0.6) is 0 Å². The van der Waals surface area contributed by atoms with Gasteiger partial charge in [-0.3, -0.25) is 19.7 Å². The van der Waals surface area contributed by atoms with Gasteiger partial charge < -0.3 is 5.32 Å². The maximum Gasteiger partial charge on any atom is 0.270 e. The van der Waals surface area contributed by atoms with Crippen LogP contribution in [0, 0.1) is 10.1 Å². The average molecular weight is 390 g/mol. The molecule has 7 nitrogen and oxygen atoms in total. The summed E-state index contributed by atoms with van der Waals surface area (Å²) in [5.74, 6) is -0.502. The highest BCUT2D eigenvalue weighted by atomic mass is 35.5. The number of anilines is 1. The molecule has 0 aliphatic rings. The molecule has 0 fully saturated rings. The van der Waals surface area contributed by atoms with Crippen LogP contribution >= 0.6 is 22.9 Å². The summed E-state index contributed by atoms with van der Waals surface area (Å²) in [5.41, 5.74) is 1.02. The van der Waals surface area contributed by atoms with Crippen LogP contribution in [0.4, 0.5) is 10.8 Å². The van der Waals surface area contributed by atoms with Crippen molar-refractivity contribution in [2.75, 3.05) is 5.32 Å². The summed E-state index contributed by atoms with van der Waals surface area (Å²) >= 11 is 6.92. The quantitative estimate of drug-likeness (QED) is 0.381. The molecule has 3 aromatic rings. The van der Waals surface area contributed by atoms with Crippen molar-refractivity contribution < 1.29 is 14.5 Å². The number of thiazole rings is 1. The molecule has 1 heterocycles. The van der Waals surface area contributed by atoms with Crippen molar-refractivity contribution in [1.82, 2.24) is 4.98 Å². The van der Waals surface area contributed by atoms with E-state index in [1.165, 1.54) is 18.2 Å². The highest BCUT2D eigenvalue weighted by Gasteiger charge is 2.13. The highest BCUT2D eigenvalue weighted by Crippen LogP contribution is 2.29. The lowest BCUT2D eigenvalue weighted by atomic mass is 10.1. The maximum absolute atomic E-state index is 12.1. The standard InChI is InChI=1S/C17H12ClN3O4S/c18-11-3-1-10(2-4-11)14(22)7-8-16(23)20-17-19-13-6-5-12(21(24)25)9-15(13)26-17/h1-6,9H,7-8H2,(H,19,20,23). The van der Waals surface area contributed by atoms with E-state index in [9.17, 15) is 19.7 Å². The van der Waals surface area contributed by atoms with Gasteiger partial charge in [-0.05, 0) is 30.3 Å². The van der Waals surface area contributed by atoms with Crippen molar-refractivity contribution in [3.63, 3.8) is 0 Å². The summed E-state index contributed by atoms with van der Waals surface area (Å²) in [6, 6.07) is 10.8. The third kappa shape index (κ3) is 4.22. The van der Waals surface area contributed by atoms with E-state index >= 15 is 0 Å². The number of nitrogens with one attached hydrogen (secondary N) is 1. The van der Waals surface area contributed by atoms with E-state index in [4.69, 9.17) is 11.6 Å². The summed E-state index contributed by atoms with van der Waals surface area (Å²) in [4.78, 5) is 38.6. The van der Waals surface area contributed by atoms with Crippen molar-refractivity contribution in [2.45, 2.75) is 12.8 Å². The smallest absolute Gasteiger partial charge is 0.270 e. The number of rotatable bonds is 6. The number of hydrogen-bond acceptors (Lipinski definition) is 6. The number of carbonyl (C=O) groups excluding carboxylic acids is 2. The number of carbonyl (C=O) groups is 2. The van der Waals surface area contributed by atoms with Crippen LogP contribution in [-0.2, 0) is 4.79 Å². The molecule has 0 saturated heterocycles. The number of benzene rings is 2. The zero-order valence-electron chi connectivity index (χ0n) is 13.3. The summed E-state index contributed by atoms with van der Waals surface area (Å²) in [7, 11) is 0. The van der Waals surface area contributed by atoms with Crippen molar-refractivity contribution in [3.05, 3.63) is 63.2 Å². The number of ketones is 1. The van der Waals surface area contributed by atoms with Gasteiger partial charge in [0.15, 0.2) is 10.9 Å². The summed E-state index contributed by atoms with van der Waals surface area (Å²) in [6.07, 6.45) is 0.0708. The summed E-state index contributed by atoms with van der Waals surface area (Å²) in [6.45, 7) is 0. The molecule has 0 atom stereocenters. The predicted octanol–water partition coefficient (Wildman–Crippen LogP) is 4.46. The second-order valence-corrected chi connectivity index (χ2v) is 6.87. The Bertz CT molecular complexity index is 1000. The number of nitro benzene ring substituents is 1. The minimum atomic E-state index is -0.486. The van der Waals surface area contributed by atoms with E-state index in [1.807, 2.05) is 0 Å². The minimum Gasteiger partial charge on any atom is -0.302 e. The van der Waals surface area contributed by atoms with Crippen LogP contribution in [0.2, 0.25) is 5.02 Å². The van der Waals surface area contributed by atoms with Gasteiger partial charge in [0.05, 0.1) is 15.1 Å². The Kier molecular flexibility index (Phi) is 5.24. The molecular weight excluding hydrogens is 378 g/mol. The van der Waals surface area contributed by atoms with Crippen LogP contribution < -0.4 is 5.32 Å². The first-order valence-electron chi connectivity index (χ1n) is 7.56. The lowest BCUT2D eigenvalue weighted by Crippen LogP contribution is -2.13. The van der Waals surface area contributed by atoms with E-state index in [0.717, 1.165) is 11.3 Å². The van der Waals surface area contributed by atoms with E-state index < -0.39 is 4.92 Å². The number of aromatic nitrogens is 1. The number of hydrogen-bond donors (Lipinski definition) is 1. The van der Waals surface area contributed by atoms with Gasteiger partial charge in [-0.15, -0.1) is 0 Å². The first-order chi connectivity index (χ1) is 12.4. The Morgan fingerprint density at radius 1 is 1.15 bits per heavy atom. The number of Topliss-reactive ketones (excluding diaryl/α,β-unsaturated/α-hetero) is 1. The molecule has 0 aliphatic heterocycles. The molecule has 0 saturated carbocycles. The maximum atomic E-state index is 12.1. The van der Waals surface area contributed by atoms with Gasteiger partial charge in [-0.1, -0.05) is 22.9 Å². The molecule has 2 aromatic carbocycles. The topological polar surface area (TPSA) is 102 Å². The first-order valence-corrected chi connectivity index (χ1v) is 8.75. The molecule has 1 N–H and O–H groups in total. The number of fused-ring (bicyclic) bond motifs is 1. The molecule has 3 rings (SSSR count). The average Bonchev–Trinajstić information content (AvgIpc) is 3.01. The van der Waals surface area contributed by atoms with E-state index in [-0.39, 0.29) is 30.2 Å². The van der Waals surface area contributed by atoms with Gasteiger partial charge in [0.2, 0.25) is 5.91 Å². The fourth-order valence-electron chi connectivity index (χ4n) is 2.27. The molecule has 0 bridgehead atoms. The molecule has 0 unspecified atom stereocenters. The highest BCUT2D eigenvalue weighted by molar-refractivity contribution is 7.22. The lowest BCUT2D eigenvalue weighted by molar-refractivity contribution is -0.384. The van der Waals surface area contributed by atoms with E-state index in [2.05, 4.69) is 10.3 Å². The third-order valence-electron chi connectivity index (χ3n) is 3.57. The molecule has 1 aromatic heterocycles. The van der Waals surface area contributed by atoms with Crippen LogP contribution in [0.1, 0.15) is 23.2 Å². The largest absolute Gasteiger partial charge is 0.302 e. The van der Waals surface area contributed by atoms with Crippen molar-refractivity contribution in [1.29, 1.82) is 0 Å². The zero-order chi connectivity index (χ0) is 18.7. The molecule has 132 valence electrons. The number of halogens is 1. The Morgan fingerprint density at radius 2 is 1.88 bits per heavy atom. The van der Waals surface area contributed by atoms with Gasteiger partial charge >= 0.3 is 0 Å². The number of non-ortho nitro benzene ring substituents is 1. The lowest BCUT2D eigenvalue weighted by Gasteiger charge is -2.02. The van der Waals surface area contributed by atoms with Crippen molar-refractivity contribution >= 4 is 55.7 Å². The van der Waals surface area contributed by atoms with E-state index in [1.54, 1.807) is 24.3 Å². The monoisotopic (exact) mass is 389 g/mol. The van der Waals surface area contributed by atoms with Gasteiger partial charge in [0, 0.05) is 35.6 Å². The Balaban J connectivity index is 1.61. The van der Waals surface area contributed by atoms with Gasteiger partial charge in [-0.25, -0.2) is 4.98 Å². The van der Waals surface area contributed by atoms with Gasteiger partial charge in [0.1, 0.15) is 0 Å². The predicted molar refractivity (Wildman–Crippen MR) is 99.9 cm³/mol. The van der Waals surface area contributed by atoms with Crippen molar-refractivity contribution in [3.8, 4) is 0 Å². The molecule has 0 aliphatic carbocycles. The normalized spacial score (nSPS) is 10.7. The molecular formula is C17H12ClN3O4S. The van der Waals surface area contributed by atoms with Crippen LogP contribution in [0.3, 0.4) is 0 Å². The molecule has 9 heteroatoms. The minimum absolute atomic E-state index is 0.0114. The molecule has 0 radical (unpaired) electrons. The van der Waals surface area contributed by atoms with Crippen LogP contribution in [0.15, 0.2) is 42.5 Å². The van der Waals surface area contributed by atoms with Gasteiger partial charge in [-0.2, -0.15) is 0 Å². The van der Waals surface area contributed by atoms with Crippen LogP contribution in [0.25, 0.3) is 10.2 Å². The third-order valence-corrected chi connectivity index (χ3v) is 4.76. The second kappa shape index (κ2) is 7.59. The second-order valence-electron chi connectivity index (χ2n) is 5.41. The Hall–Kier alpha value is -2.84. The number of amides is 1. The fraction of sp³-hybridized carbons (Fsp3) is 0.118. The zero-order valence-corrected chi connectivity index (χ0v) is 14.8. The number of nitrogens with zero attached hydrogens (tertiary/aromatic N) is 2. The Morgan fingerprint density at radius 3 is 2.58 bits per heavy atom. The van der Waals surface area contributed by atoms with Crippen molar-refractivity contribution in [2.24, 2.45) is 0 Å². The van der Waals surface area contributed by atoms with E-state index in [0.29, 0.717) is 25.9 Å². The Labute approximate surface area is 156 Å². The first kappa shape index (κ1) is 18.0. The molecule has 1 amide bonds.